The van der Waals surface area contributed by atoms with Gasteiger partial charge in [0.2, 0.25) is 0 Å². The third kappa shape index (κ3) is 5.80. The summed E-state index contributed by atoms with van der Waals surface area (Å²) in [7, 11) is -13.6. The Balaban J connectivity index is 1.63. The average Bonchev–Trinajstić information content (AvgIpc) is 2.92. The number of rotatable bonds is 7. The topological polar surface area (TPSA) is 226 Å². The monoisotopic (exact) mass is 628 g/mol. The Morgan fingerprint density at radius 3 is 1.81 bits per heavy atom. The molecule has 13 nitrogen and oxygen atoms in total. The van der Waals surface area contributed by atoms with Gasteiger partial charge < -0.3 is 11.1 Å². The van der Waals surface area contributed by atoms with Crippen LogP contribution in [0.15, 0.2) is 110 Å². The molecule has 0 spiro atoms. The van der Waals surface area contributed by atoms with Crippen molar-refractivity contribution in [1.29, 1.82) is 0 Å². The first kappa shape index (κ1) is 29.1. The second-order valence-electron chi connectivity index (χ2n) is 8.97. The van der Waals surface area contributed by atoms with E-state index in [2.05, 4.69) is 15.5 Å². The summed E-state index contributed by atoms with van der Waals surface area (Å²) in [6.07, 6.45) is 0. The molecule has 5 rings (SSSR count). The molecule has 0 amide bonds. The zero-order valence-electron chi connectivity index (χ0n) is 21.1. The molecule has 0 saturated carbocycles. The standard InChI is InChI=1S/C26H20N4O9S3/c27-21-10-11-23(19-2-1-3-25(26(19)21)42(37,38)39)29-30-24-13-12-22(18-9-8-17(14-20(18)24)41(34,35)36)28-15-4-6-16(7-5-15)40(31,32)33/h1-14,28H,27H2,(H,31,32,33)(H,34,35,36)(H,37,38,39)/b30-29+. The number of nitrogens with two attached hydrogens (primary N) is 1. The lowest BCUT2D eigenvalue weighted by Gasteiger charge is -2.13. The molecule has 0 unspecified atom stereocenters. The van der Waals surface area contributed by atoms with E-state index in [1.807, 2.05) is 0 Å². The maximum Gasteiger partial charge on any atom is 0.295 e. The lowest BCUT2D eigenvalue weighted by molar-refractivity contribution is 0.481. The number of anilines is 3. The highest BCUT2D eigenvalue weighted by Crippen LogP contribution is 2.38. The molecule has 0 aliphatic carbocycles. The third-order valence-corrected chi connectivity index (χ3v) is 8.86. The average molecular weight is 629 g/mol. The van der Waals surface area contributed by atoms with Crippen LogP contribution in [0.2, 0.25) is 0 Å². The van der Waals surface area contributed by atoms with Crippen LogP contribution in [0.25, 0.3) is 21.5 Å². The molecule has 0 saturated heterocycles. The molecule has 0 bridgehead atoms. The summed E-state index contributed by atoms with van der Waals surface area (Å²) in [6, 6.07) is 19.2. The molecule has 42 heavy (non-hydrogen) atoms. The summed E-state index contributed by atoms with van der Waals surface area (Å²) in [5.74, 6) is 0. The van der Waals surface area contributed by atoms with Gasteiger partial charge in [-0.2, -0.15) is 25.3 Å². The zero-order chi connectivity index (χ0) is 30.4. The van der Waals surface area contributed by atoms with Gasteiger partial charge in [0.1, 0.15) is 4.90 Å². The lowest BCUT2D eigenvalue weighted by Crippen LogP contribution is -2.01. The first-order valence-electron chi connectivity index (χ1n) is 11.7. The van der Waals surface area contributed by atoms with Gasteiger partial charge in [0.05, 0.1) is 21.2 Å². The van der Waals surface area contributed by atoms with E-state index in [0.29, 0.717) is 16.8 Å². The molecule has 0 aliphatic rings. The summed E-state index contributed by atoms with van der Waals surface area (Å²) >= 11 is 0. The second kappa shape index (κ2) is 10.4. The molecule has 0 heterocycles. The Morgan fingerprint density at radius 2 is 1.19 bits per heavy atom. The van der Waals surface area contributed by atoms with Crippen LogP contribution in [0.1, 0.15) is 0 Å². The van der Waals surface area contributed by atoms with Gasteiger partial charge in [-0.05, 0) is 66.7 Å². The molecule has 216 valence electrons. The summed E-state index contributed by atoms with van der Waals surface area (Å²) < 4.78 is 98.8. The van der Waals surface area contributed by atoms with E-state index in [1.165, 1.54) is 72.8 Å². The predicted molar refractivity (Wildman–Crippen MR) is 156 cm³/mol. The smallest absolute Gasteiger partial charge is 0.295 e. The summed E-state index contributed by atoms with van der Waals surface area (Å²) in [5, 5.41) is 12.6. The number of azo groups is 1. The molecule has 0 aromatic heterocycles. The maximum atomic E-state index is 11.9. The van der Waals surface area contributed by atoms with Gasteiger partial charge in [-0.1, -0.05) is 18.2 Å². The van der Waals surface area contributed by atoms with Gasteiger partial charge in [0.15, 0.2) is 0 Å². The molecule has 0 fully saturated rings. The fraction of sp³-hybridized carbons (Fsp3) is 0. The summed E-state index contributed by atoms with van der Waals surface area (Å²) in [4.78, 5) is -1.11. The Hall–Kier alpha value is -4.45. The van der Waals surface area contributed by atoms with E-state index in [1.54, 1.807) is 12.1 Å². The maximum absolute atomic E-state index is 11.9. The minimum absolute atomic E-state index is 0.0505. The first-order valence-corrected chi connectivity index (χ1v) is 16.0. The molecule has 5 aromatic carbocycles. The molecule has 16 heteroatoms. The van der Waals surface area contributed by atoms with E-state index < -0.39 is 40.1 Å². The van der Waals surface area contributed by atoms with Crippen molar-refractivity contribution in [3.05, 3.63) is 84.9 Å². The van der Waals surface area contributed by atoms with E-state index in [-0.39, 0.29) is 38.1 Å². The molecule has 6 N–H and O–H groups in total. The Labute approximate surface area is 239 Å². The molecular formula is C26H20N4O9S3. The van der Waals surface area contributed by atoms with Crippen LogP contribution >= 0.6 is 0 Å². The van der Waals surface area contributed by atoms with Gasteiger partial charge in [0.25, 0.3) is 30.4 Å². The van der Waals surface area contributed by atoms with Crippen molar-refractivity contribution in [1.82, 2.24) is 0 Å². The highest BCUT2D eigenvalue weighted by molar-refractivity contribution is 7.86. The SMILES string of the molecule is Nc1ccc(/N=N/c2ccc(Nc3ccc(S(=O)(=O)O)cc3)c3ccc(S(=O)(=O)O)cc23)c2cccc(S(=O)(=O)O)c12. The van der Waals surface area contributed by atoms with Crippen LogP contribution in [-0.2, 0) is 30.4 Å². The van der Waals surface area contributed by atoms with Crippen LogP contribution in [0.5, 0.6) is 0 Å². The van der Waals surface area contributed by atoms with E-state index >= 15 is 0 Å². The fourth-order valence-corrected chi connectivity index (χ4v) is 6.05. The van der Waals surface area contributed by atoms with Gasteiger partial charge in [-0.15, -0.1) is 10.2 Å². The predicted octanol–water partition coefficient (Wildman–Crippen LogP) is 5.47. The molecule has 0 atom stereocenters. The van der Waals surface area contributed by atoms with Crippen molar-refractivity contribution in [3.8, 4) is 0 Å². The van der Waals surface area contributed by atoms with Crippen LogP contribution in [0.4, 0.5) is 28.4 Å². The molecular weight excluding hydrogens is 609 g/mol. The van der Waals surface area contributed by atoms with Crippen LogP contribution in [0.3, 0.4) is 0 Å². The second-order valence-corrected chi connectivity index (χ2v) is 13.2. The minimum Gasteiger partial charge on any atom is -0.398 e. The third-order valence-electron chi connectivity index (χ3n) is 6.25. The van der Waals surface area contributed by atoms with Crippen LogP contribution in [-0.4, -0.2) is 38.9 Å². The van der Waals surface area contributed by atoms with Gasteiger partial charge in [0, 0.05) is 38.6 Å². The van der Waals surface area contributed by atoms with Crippen molar-refractivity contribution in [3.63, 3.8) is 0 Å². The highest BCUT2D eigenvalue weighted by atomic mass is 32.2. The minimum atomic E-state index is -4.61. The molecule has 0 aliphatic heterocycles. The number of nitrogen functional groups attached to an aromatic ring is 1. The van der Waals surface area contributed by atoms with Crippen molar-refractivity contribution >= 4 is 80.3 Å². The van der Waals surface area contributed by atoms with Crippen molar-refractivity contribution in [2.24, 2.45) is 10.2 Å². The molecule has 0 radical (unpaired) electrons. The number of fused-ring (bicyclic) bond motifs is 2. The number of benzene rings is 5. The first-order chi connectivity index (χ1) is 19.6. The zero-order valence-corrected chi connectivity index (χ0v) is 23.5. The summed E-state index contributed by atoms with van der Waals surface area (Å²) in [5.41, 5.74) is 7.36. The summed E-state index contributed by atoms with van der Waals surface area (Å²) in [6.45, 7) is 0. The van der Waals surface area contributed by atoms with Gasteiger partial charge >= 0.3 is 0 Å². The number of nitrogens with zero attached hydrogens (tertiary/aromatic N) is 2. The van der Waals surface area contributed by atoms with Crippen LogP contribution in [0, 0.1) is 0 Å². The fourth-order valence-electron chi connectivity index (χ4n) is 4.33. The van der Waals surface area contributed by atoms with Crippen LogP contribution < -0.4 is 11.1 Å². The van der Waals surface area contributed by atoms with Gasteiger partial charge in [-0.3, -0.25) is 13.7 Å². The Bertz CT molecular complexity index is 2250. The molecule has 5 aromatic rings. The number of hydrogen-bond donors (Lipinski definition) is 5. The van der Waals surface area contributed by atoms with E-state index in [9.17, 15) is 38.9 Å². The van der Waals surface area contributed by atoms with Crippen molar-refractivity contribution in [2.75, 3.05) is 11.1 Å². The quantitative estimate of drug-likeness (QED) is 0.0862. The Kier molecular flexibility index (Phi) is 7.22. The normalized spacial score (nSPS) is 12.7. The van der Waals surface area contributed by atoms with Crippen molar-refractivity contribution in [2.45, 2.75) is 14.7 Å². The highest BCUT2D eigenvalue weighted by Gasteiger charge is 2.18. The number of hydrogen-bond acceptors (Lipinski definition) is 10. The lowest BCUT2D eigenvalue weighted by atomic mass is 10.1. The Morgan fingerprint density at radius 1 is 0.595 bits per heavy atom. The van der Waals surface area contributed by atoms with Gasteiger partial charge in [-0.25, -0.2) is 0 Å². The van der Waals surface area contributed by atoms with Crippen molar-refractivity contribution < 1.29 is 38.9 Å². The van der Waals surface area contributed by atoms with E-state index in [0.717, 1.165) is 0 Å². The largest absolute Gasteiger partial charge is 0.398 e. The van der Waals surface area contributed by atoms with E-state index in [4.69, 9.17) is 5.73 Å². The number of nitrogens with one attached hydrogen (secondary N) is 1.